The molecule has 0 amide bonds. The van der Waals surface area contributed by atoms with Crippen molar-refractivity contribution in [2.45, 2.75) is 59.4 Å². The number of rotatable bonds is 9. The maximum Gasteiger partial charge on any atom is 0.225 e. The standard InChI is InChI=1S/C30H35ClN8O3/c1-16-8-9-39(16)30-33-11-20-13-38(14-25(20)34-30)29-17(2)27(26-18(3)37-42-19(26)4)35-28(36-29)23-10-22(6-7-24(23)31)41-15-21(40)12-32-5/h6-7,10-11,16,21,32,40H,8-9,12-15H2,1-5H3/t16-,21-/m1/s1. The van der Waals surface area contributed by atoms with Gasteiger partial charge in [-0.25, -0.2) is 19.9 Å². The number of aromatic nitrogens is 5. The molecular formula is C30H35ClN8O3. The minimum atomic E-state index is -0.646. The number of benzene rings is 1. The number of halogens is 1. The molecule has 0 saturated carbocycles. The van der Waals surface area contributed by atoms with Crippen molar-refractivity contribution >= 4 is 23.4 Å². The van der Waals surface area contributed by atoms with Gasteiger partial charge in [0.15, 0.2) is 5.82 Å². The minimum absolute atomic E-state index is 0.136. The Hall–Kier alpha value is -3.80. The van der Waals surface area contributed by atoms with E-state index in [0.717, 1.165) is 58.5 Å². The third-order valence-electron chi connectivity index (χ3n) is 7.97. The predicted molar refractivity (Wildman–Crippen MR) is 161 cm³/mol. The molecule has 2 aliphatic heterocycles. The van der Waals surface area contributed by atoms with Crippen molar-refractivity contribution in [3.63, 3.8) is 0 Å². The third-order valence-corrected chi connectivity index (χ3v) is 8.30. The van der Waals surface area contributed by atoms with Gasteiger partial charge in [-0.15, -0.1) is 0 Å². The average Bonchev–Trinajstić information content (AvgIpc) is 3.54. The number of likely N-dealkylation sites (N-methyl/N-ethyl adjacent to an activating group) is 1. The van der Waals surface area contributed by atoms with Crippen molar-refractivity contribution in [3.8, 4) is 28.4 Å². The lowest BCUT2D eigenvalue weighted by atomic mass is 10.0. The number of nitrogens with one attached hydrogen (secondary N) is 1. The van der Waals surface area contributed by atoms with Crippen molar-refractivity contribution in [3.05, 3.63) is 57.7 Å². The molecule has 2 atom stereocenters. The number of aryl methyl sites for hydroxylation is 2. The quantitative estimate of drug-likeness (QED) is 0.290. The summed E-state index contributed by atoms with van der Waals surface area (Å²) in [6, 6.07) is 5.80. The predicted octanol–water partition coefficient (Wildman–Crippen LogP) is 4.25. The Morgan fingerprint density at radius 3 is 2.71 bits per heavy atom. The van der Waals surface area contributed by atoms with Crippen LogP contribution in [0.5, 0.6) is 5.75 Å². The summed E-state index contributed by atoms with van der Waals surface area (Å²) in [6.07, 6.45) is 2.45. The first-order valence-electron chi connectivity index (χ1n) is 14.2. The Morgan fingerprint density at radius 2 is 2.02 bits per heavy atom. The highest BCUT2D eigenvalue weighted by molar-refractivity contribution is 6.33. The molecular weight excluding hydrogens is 556 g/mol. The van der Waals surface area contributed by atoms with Crippen LogP contribution >= 0.6 is 11.6 Å². The molecule has 0 aliphatic carbocycles. The number of hydrogen-bond donors (Lipinski definition) is 2. The zero-order valence-electron chi connectivity index (χ0n) is 24.5. The largest absolute Gasteiger partial charge is 0.491 e. The molecule has 0 spiro atoms. The van der Waals surface area contributed by atoms with E-state index in [0.29, 0.717) is 53.6 Å². The fourth-order valence-electron chi connectivity index (χ4n) is 5.49. The van der Waals surface area contributed by atoms with Crippen molar-refractivity contribution in [2.75, 3.05) is 36.5 Å². The van der Waals surface area contributed by atoms with Gasteiger partial charge >= 0.3 is 0 Å². The number of anilines is 2. The molecule has 3 aromatic heterocycles. The number of hydrogen-bond acceptors (Lipinski definition) is 11. The van der Waals surface area contributed by atoms with Crippen molar-refractivity contribution < 1.29 is 14.4 Å². The number of nitrogens with zero attached hydrogens (tertiary/aromatic N) is 7. The molecule has 12 heteroatoms. The summed E-state index contributed by atoms with van der Waals surface area (Å²) in [7, 11) is 1.78. The number of ether oxygens (including phenoxy) is 1. The lowest BCUT2D eigenvalue weighted by Crippen LogP contribution is -2.46. The van der Waals surface area contributed by atoms with Gasteiger partial charge in [0.1, 0.15) is 30.0 Å². The van der Waals surface area contributed by atoms with Crippen LogP contribution in [0.3, 0.4) is 0 Å². The van der Waals surface area contributed by atoms with Gasteiger partial charge in [-0.2, -0.15) is 0 Å². The van der Waals surface area contributed by atoms with Gasteiger partial charge in [0.25, 0.3) is 0 Å². The lowest BCUT2D eigenvalue weighted by Gasteiger charge is -2.38. The number of aliphatic hydroxyl groups is 1. The molecule has 1 fully saturated rings. The molecule has 2 aliphatic rings. The van der Waals surface area contributed by atoms with Crippen LogP contribution < -0.4 is 19.9 Å². The monoisotopic (exact) mass is 590 g/mol. The second-order valence-electron chi connectivity index (χ2n) is 11.0. The van der Waals surface area contributed by atoms with E-state index in [4.69, 9.17) is 35.8 Å². The van der Waals surface area contributed by atoms with E-state index < -0.39 is 6.10 Å². The van der Waals surface area contributed by atoms with Crippen LogP contribution in [0.25, 0.3) is 22.6 Å². The van der Waals surface area contributed by atoms with E-state index in [1.54, 1.807) is 19.2 Å². The molecule has 0 radical (unpaired) electrons. The van der Waals surface area contributed by atoms with Gasteiger partial charge in [-0.3, -0.25) is 0 Å². The maximum absolute atomic E-state index is 10.1. The fraction of sp³-hybridized carbons (Fsp3) is 0.433. The Labute approximate surface area is 249 Å². The van der Waals surface area contributed by atoms with Crippen LogP contribution in [0.4, 0.5) is 11.8 Å². The summed E-state index contributed by atoms with van der Waals surface area (Å²) in [5.74, 6) is 3.25. The normalized spacial score (nSPS) is 16.9. The summed E-state index contributed by atoms with van der Waals surface area (Å²) in [5, 5.41) is 17.7. The van der Waals surface area contributed by atoms with Gasteiger partial charge in [-0.1, -0.05) is 16.8 Å². The summed E-state index contributed by atoms with van der Waals surface area (Å²) < 4.78 is 11.4. The smallest absolute Gasteiger partial charge is 0.225 e. The summed E-state index contributed by atoms with van der Waals surface area (Å²) >= 11 is 6.72. The van der Waals surface area contributed by atoms with Crippen LogP contribution in [0.2, 0.25) is 5.02 Å². The lowest BCUT2D eigenvalue weighted by molar-refractivity contribution is 0.108. The van der Waals surface area contributed by atoms with Gasteiger partial charge in [0.05, 0.1) is 34.2 Å². The number of aliphatic hydroxyl groups excluding tert-OH is 1. The average molecular weight is 591 g/mol. The van der Waals surface area contributed by atoms with Gasteiger partial charge < -0.3 is 29.5 Å². The molecule has 11 nitrogen and oxygen atoms in total. The molecule has 6 rings (SSSR count). The van der Waals surface area contributed by atoms with Crippen LogP contribution in [-0.2, 0) is 13.1 Å². The highest BCUT2D eigenvalue weighted by Crippen LogP contribution is 2.39. The molecule has 42 heavy (non-hydrogen) atoms. The number of fused-ring (bicyclic) bond motifs is 1. The Bertz CT molecular complexity index is 1610. The Kier molecular flexibility index (Phi) is 7.73. The summed E-state index contributed by atoms with van der Waals surface area (Å²) in [6.45, 7) is 10.8. The third kappa shape index (κ3) is 5.28. The molecule has 4 aromatic rings. The van der Waals surface area contributed by atoms with E-state index in [-0.39, 0.29) is 6.61 Å². The molecule has 2 N–H and O–H groups in total. The minimum Gasteiger partial charge on any atom is -0.491 e. The van der Waals surface area contributed by atoms with E-state index >= 15 is 0 Å². The highest BCUT2D eigenvalue weighted by Gasteiger charge is 2.31. The van der Waals surface area contributed by atoms with E-state index in [1.807, 2.05) is 33.0 Å². The van der Waals surface area contributed by atoms with E-state index in [2.05, 4.69) is 32.2 Å². The van der Waals surface area contributed by atoms with Crippen molar-refractivity contribution in [1.82, 2.24) is 30.4 Å². The highest BCUT2D eigenvalue weighted by atomic mass is 35.5. The maximum atomic E-state index is 10.1. The van der Waals surface area contributed by atoms with Crippen LogP contribution in [0, 0.1) is 20.8 Å². The molecule has 1 aromatic carbocycles. The molecule has 0 unspecified atom stereocenters. The topological polar surface area (TPSA) is 126 Å². The van der Waals surface area contributed by atoms with E-state index in [1.165, 1.54) is 0 Å². The van der Waals surface area contributed by atoms with Crippen molar-refractivity contribution in [1.29, 1.82) is 0 Å². The zero-order valence-corrected chi connectivity index (χ0v) is 25.2. The first-order valence-corrected chi connectivity index (χ1v) is 14.5. The SMILES string of the molecule is CNC[C@@H](O)COc1ccc(Cl)c(-c2nc(-c3c(C)noc3C)c(C)c(N3Cc4cnc(N5CC[C@H]5C)nc4C3)n2)c1. The fourth-order valence-corrected chi connectivity index (χ4v) is 5.70. The first kappa shape index (κ1) is 28.3. The van der Waals surface area contributed by atoms with Crippen molar-refractivity contribution in [2.24, 2.45) is 0 Å². The van der Waals surface area contributed by atoms with Gasteiger partial charge in [-0.05, 0) is 59.4 Å². The summed E-state index contributed by atoms with van der Waals surface area (Å²) in [4.78, 5) is 24.1. The molecule has 0 bridgehead atoms. The zero-order chi connectivity index (χ0) is 29.5. The van der Waals surface area contributed by atoms with Crippen LogP contribution in [0.15, 0.2) is 28.9 Å². The van der Waals surface area contributed by atoms with Crippen LogP contribution in [0.1, 0.15) is 41.6 Å². The van der Waals surface area contributed by atoms with Crippen LogP contribution in [-0.4, -0.2) is 69.1 Å². The molecule has 220 valence electrons. The second kappa shape index (κ2) is 11.5. The Balaban J connectivity index is 1.40. The summed E-state index contributed by atoms with van der Waals surface area (Å²) in [5.41, 5.74) is 5.93. The second-order valence-corrected chi connectivity index (χ2v) is 11.4. The van der Waals surface area contributed by atoms with Gasteiger partial charge in [0.2, 0.25) is 5.95 Å². The Morgan fingerprint density at radius 1 is 1.19 bits per heavy atom. The molecule has 1 saturated heterocycles. The molecule has 5 heterocycles. The first-order chi connectivity index (χ1) is 20.2. The van der Waals surface area contributed by atoms with Gasteiger partial charge in [0, 0.05) is 48.6 Å². The van der Waals surface area contributed by atoms with E-state index in [9.17, 15) is 5.11 Å².